The van der Waals surface area contributed by atoms with Crippen molar-refractivity contribution < 1.29 is 14.6 Å². The summed E-state index contributed by atoms with van der Waals surface area (Å²) in [6.45, 7) is 7.30. The first kappa shape index (κ1) is 14.5. The number of ether oxygens (including phenoxy) is 1. The van der Waals surface area contributed by atoms with Crippen LogP contribution in [0.15, 0.2) is 18.2 Å². The lowest BCUT2D eigenvalue weighted by atomic mass is 10.1. The molecule has 0 aliphatic rings. The summed E-state index contributed by atoms with van der Waals surface area (Å²) in [7, 11) is 0. The Hall–Kier alpha value is -1.55. The minimum absolute atomic E-state index is 0.0483. The summed E-state index contributed by atoms with van der Waals surface area (Å²) in [5.74, 6) is 0.464. The molecule has 0 radical (unpaired) electrons. The van der Waals surface area contributed by atoms with Crippen molar-refractivity contribution in [1.29, 1.82) is 0 Å². The van der Waals surface area contributed by atoms with Gasteiger partial charge in [-0.15, -0.1) is 0 Å². The minimum Gasteiger partial charge on any atom is -0.484 e. The Labute approximate surface area is 108 Å². The Morgan fingerprint density at radius 3 is 2.61 bits per heavy atom. The molecule has 0 aromatic heterocycles. The first-order chi connectivity index (χ1) is 8.34. The molecule has 0 atom stereocenters. The zero-order chi connectivity index (χ0) is 13.8. The van der Waals surface area contributed by atoms with Gasteiger partial charge in [0.05, 0.1) is 12.1 Å². The van der Waals surface area contributed by atoms with Crippen LogP contribution in [0.3, 0.4) is 0 Å². The number of nitrogens with one attached hydrogen (secondary N) is 1. The number of amides is 1. The van der Waals surface area contributed by atoms with Gasteiger partial charge in [-0.25, -0.2) is 0 Å². The largest absolute Gasteiger partial charge is 0.484 e. The lowest BCUT2D eigenvalue weighted by Gasteiger charge is -2.23. The molecule has 1 aromatic carbocycles. The van der Waals surface area contributed by atoms with Crippen LogP contribution in [0.25, 0.3) is 0 Å². The van der Waals surface area contributed by atoms with Crippen molar-refractivity contribution in [2.75, 3.05) is 13.2 Å². The number of carbonyl (C=O) groups is 1. The van der Waals surface area contributed by atoms with E-state index in [4.69, 9.17) is 9.84 Å². The third-order valence-corrected chi connectivity index (χ3v) is 2.56. The van der Waals surface area contributed by atoms with Crippen molar-refractivity contribution in [3.8, 4) is 5.75 Å². The third-order valence-electron chi connectivity index (χ3n) is 2.56. The molecule has 100 valence electrons. The van der Waals surface area contributed by atoms with E-state index in [0.717, 1.165) is 11.1 Å². The second kappa shape index (κ2) is 5.87. The van der Waals surface area contributed by atoms with Gasteiger partial charge < -0.3 is 15.2 Å². The van der Waals surface area contributed by atoms with E-state index in [0.29, 0.717) is 5.75 Å². The average molecular weight is 251 g/mol. The van der Waals surface area contributed by atoms with E-state index in [1.807, 2.05) is 32.0 Å². The lowest BCUT2D eigenvalue weighted by Crippen LogP contribution is -2.48. The predicted molar refractivity (Wildman–Crippen MR) is 70.7 cm³/mol. The van der Waals surface area contributed by atoms with Gasteiger partial charge in [0.2, 0.25) is 0 Å². The second-order valence-electron chi connectivity index (χ2n) is 5.15. The Bertz CT molecular complexity index is 427. The van der Waals surface area contributed by atoms with E-state index in [2.05, 4.69) is 5.32 Å². The molecule has 4 nitrogen and oxygen atoms in total. The van der Waals surface area contributed by atoms with Crippen LogP contribution in [-0.2, 0) is 4.79 Å². The molecule has 0 saturated carbocycles. The maximum absolute atomic E-state index is 11.6. The van der Waals surface area contributed by atoms with Crippen LogP contribution in [0.4, 0.5) is 0 Å². The summed E-state index contributed by atoms with van der Waals surface area (Å²) >= 11 is 0. The highest BCUT2D eigenvalue weighted by atomic mass is 16.5. The van der Waals surface area contributed by atoms with Crippen molar-refractivity contribution in [3.63, 3.8) is 0 Å². The summed E-state index contributed by atoms with van der Waals surface area (Å²) in [6, 6.07) is 5.80. The zero-order valence-corrected chi connectivity index (χ0v) is 11.4. The number of aliphatic hydroxyl groups is 1. The van der Waals surface area contributed by atoms with Gasteiger partial charge in [0.25, 0.3) is 5.91 Å². The normalized spacial score (nSPS) is 11.2. The van der Waals surface area contributed by atoms with E-state index in [9.17, 15) is 4.79 Å². The quantitative estimate of drug-likeness (QED) is 0.835. The van der Waals surface area contributed by atoms with E-state index >= 15 is 0 Å². The van der Waals surface area contributed by atoms with Crippen molar-refractivity contribution in [3.05, 3.63) is 29.3 Å². The monoisotopic (exact) mass is 251 g/mol. The molecular weight excluding hydrogens is 230 g/mol. The first-order valence-electron chi connectivity index (χ1n) is 5.96. The fraction of sp³-hybridized carbons (Fsp3) is 0.500. The van der Waals surface area contributed by atoms with Gasteiger partial charge in [-0.2, -0.15) is 0 Å². The SMILES string of the molecule is Cc1ccc(OCC(=O)NC(C)(C)CO)c(C)c1. The first-order valence-corrected chi connectivity index (χ1v) is 5.96. The van der Waals surface area contributed by atoms with Crippen molar-refractivity contribution in [2.24, 2.45) is 0 Å². The van der Waals surface area contributed by atoms with Crippen LogP contribution in [0.5, 0.6) is 5.75 Å². The molecule has 1 rings (SSSR count). The smallest absolute Gasteiger partial charge is 0.258 e. The molecule has 0 heterocycles. The summed E-state index contributed by atoms with van der Waals surface area (Å²) in [6.07, 6.45) is 0. The molecule has 1 amide bonds. The molecule has 0 fully saturated rings. The minimum atomic E-state index is -0.622. The number of aryl methyl sites for hydroxylation is 2. The fourth-order valence-electron chi connectivity index (χ4n) is 1.56. The second-order valence-corrected chi connectivity index (χ2v) is 5.15. The Morgan fingerprint density at radius 1 is 1.39 bits per heavy atom. The van der Waals surface area contributed by atoms with Crippen LogP contribution in [0.1, 0.15) is 25.0 Å². The topological polar surface area (TPSA) is 58.6 Å². The number of hydrogen-bond acceptors (Lipinski definition) is 3. The van der Waals surface area contributed by atoms with Crippen molar-refractivity contribution in [1.82, 2.24) is 5.32 Å². The Balaban J connectivity index is 2.53. The van der Waals surface area contributed by atoms with Crippen LogP contribution in [-0.4, -0.2) is 29.8 Å². The molecule has 0 bridgehead atoms. The highest BCUT2D eigenvalue weighted by molar-refractivity contribution is 5.78. The Kier molecular flexibility index (Phi) is 4.73. The predicted octanol–water partition coefficient (Wildman–Crippen LogP) is 1.57. The molecular formula is C14H21NO3. The van der Waals surface area contributed by atoms with Gasteiger partial charge >= 0.3 is 0 Å². The molecule has 0 aliphatic heterocycles. The number of carbonyl (C=O) groups excluding carboxylic acids is 1. The van der Waals surface area contributed by atoms with Crippen LogP contribution < -0.4 is 10.1 Å². The van der Waals surface area contributed by atoms with Gasteiger partial charge in [0, 0.05) is 0 Å². The molecule has 18 heavy (non-hydrogen) atoms. The van der Waals surface area contributed by atoms with Crippen molar-refractivity contribution in [2.45, 2.75) is 33.2 Å². The lowest BCUT2D eigenvalue weighted by molar-refractivity contribution is -0.125. The summed E-state index contributed by atoms with van der Waals surface area (Å²) < 4.78 is 5.45. The molecule has 0 saturated heterocycles. The van der Waals surface area contributed by atoms with Gasteiger partial charge in [0.1, 0.15) is 5.75 Å². The molecule has 4 heteroatoms. The molecule has 0 aliphatic carbocycles. The van der Waals surface area contributed by atoms with Crippen molar-refractivity contribution >= 4 is 5.91 Å². The number of aliphatic hydroxyl groups excluding tert-OH is 1. The highest BCUT2D eigenvalue weighted by Crippen LogP contribution is 2.18. The van der Waals surface area contributed by atoms with Gasteiger partial charge in [-0.1, -0.05) is 17.7 Å². The summed E-state index contributed by atoms with van der Waals surface area (Å²) in [5, 5.41) is 11.7. The van der Waals surface area contributed by atoms with Gasteiger partial charge in [-0.3, -0.25) is 4.79 Å². The standard InChI is InChI=1S/C14H21NO3/c1-10-5-6-12(11(2)7-10)18-8-13(17)15-14(3,4)9-16/h5-7,16H,8-9H2,1-4H3,(H,15,17). The molecule has 0 spiro atoms. The maximum Gasteiger partial charge on any atom is 0.258 e. The maximum atomic E-state index is 11.6. The highest BCUT2D eigenvalue weighted by Gasteiger charge is 2.19. The molecule has 0 unspecified atom stereocenters. The van der Waals surface area contributed by atoms with Gasteiger partial charge in [0.15, 0.2) is 6.61 Å². The molecule has 2 N–H and O–H groups in total. The summed E-state index contributed by atoms with van der Waals surface area (Å²) in [5.41, 5.74) is 1.54. The number of hydrogen-bond donors (Lipinski definition) is 2. The van der Waals surface area contributed by atoms with Crippen LogP contribution >= 0.6 is 0 Å². The molecule has 1 aromatic rings. The van der Waals surface area contributed by atoms with Gasteiger partial charge in [-0.05, 0) is 39.3 Å². The van der Waals surface area contributed by atoms with Crippen LogP contribution in [0, 0.1) is 13.8 Å². The van der Waals surface area contributed by atoms with E-state index in [1.54, 1.807) is 13.8 Å². The zero-order valence-electron chi connectivity index (χ0n) is 11.4. The van der Waals surface area contributed by atoms with Crippen LogP contribution in [0.2, 0.25) is 0 Å². The third kappa shape index (κ3) is 4.37. The van der Waals surface area contributed by atoms with E-state index < -0.39 is 5.54 Å². The number of benzene rings is 1. The number of rotatable bonds is 5. The summed E-state index contributed by atoms with van der Waals surface area (Å²) in [4.78, 5) is 11.6. The fourth-order valence-corrected chi connectivity index (χ4v) is 1.56. The average Bonchev–Trinajstić information content (AvgIpc) is 2.27. The van der Waals surface area contributed by atoms with E-state index in [-0.39, 0.29) is 19.1 Å². The van der Waals surface area contributed by atoms with E-state index in [1.165, 1.54) is 0 Å². The Morgan fingerprint density at radius 2 is 2.06 bits per heavy atom.